The van der Waals surface area contributed by atoms with Crippen molar-refractivity contribution < 1.29 is 4.79 Å². The van der Waals surface area contributed by atoms with Crippen LogP contribution in [0.4, 0.5) is 0 Å². The molecule has 0 spiro atoms. The number of imidazole rings is 1. The van der Waals surface area contributed by atoms with Gasteiger partial charge in [0.15, 0.2) is 0 Å². The van der Waals surface area contributed by atoms with Gasteiger partial charge in [-0.05, 0) is 19.8 Å². The second kappa shape index (κ2) is 7.23. The molecule has 2 atom stereocenters. The lowest BCUT2D eigenvalue weighted by Gasteiger charge is -2.26. The molecule has 1 amide bonds. The lowest BCUT2D eigenvalue weighted by Crippen LogP contribution is -2.45. The summed E-state index contributed by atoms with van der Waals surface area (Å²) in [6.45, 7) is 4.16. The van der Waals surface area contributed by atoms with Crippen molar-refractivity contribution in [2.24, 2.45) is 0 Å². The molecule has 0 bridgehead atoms. The van der Waals surface area contributed by atoms with Crippen LogP contribution < -0.4 is 5.32 Å². The second-order valence-electron chi connectivity index (χ2n) is 5.62. The first-order valence-electron chi connectivity index (χ1n) is 7.49. The average molecular weight is 289 g/mol. The molecule has 0 aromatic carbocycles. The van der Waals surface area contributed by atoms with Crippen LogP contribution in [0.15, 0.2) is 12.4 Å². The van der Waals surface area contributed by atoms with Gasteiger partial charge in [-0.25, -0.2) is 4.98 Å². The minimum Gasteiger partial charge on any atom is -0.343 e. The van der Waals surface area contributed by atoms with E-state index in [1.807, 2.05) is 19.3 Å². The van der Waals surface area contributed by atoms with Crippen LogP contribution in [-0.2, 0) is 11.3 Å². The third kappa shape index (κ3) is 3.82. The third-order valence-corrected chi connectivity index (χ3v) is 4.04. The molecule has 21 heavy (non-hydrogen) atoms. The van der Waals surface area contributed by atoms with E-state index >= 15 is 0 Å². The smallest absolute Gasteiger partial charge is 0.239 e. The van der Waals surface area contributed by atoms with Gasteiger partial charge < -0.3 is 14.8 Å². The molecule has 2 unspecified atom stereocenters. The Bertz CT molecular complexity index is 518. The van der Waals surface area contributed by atoms with E-state index in [-0.39, 0.29) is 11.9 Å². The maximum Gasteiger partial charge on any atom is 0.239 e. The number of carbonyl (C=O) groups is 1. The fourth-order valence-electron chi connectivity index (χ4n) is 2.77. The molecule has 0 fully saturated rings. The lowest BCUT2D eigenvalue weighted by molar-refractivity contribution is -0.131. The van der Waals surface area contributed by atoms with Crippen LogP contribution in [-0.4, -0.2) is 46.5 Å². The minimum atomic E-state index is -0.237. The number of amides is 1. The van der Waals surface area contributed by atoms with Gasteiger partial charge in [-0.2, -0.15) is 5.26 Å². The molecule has 6 nitrogen and oxygen atoms in total. The van der Waals surface area contributed by atoms with E-state index in [2.05, 4.69) is 20.9 Å². The molecule has 2 heterocycles. The Labute approximate surface area is 125 Å². The highest BCUT2D eigenvalue weighted by Crippen LogP contribution is 2.24. The lowest BCUT2D eigenvalue weighted by atomic mass is 9.98. The average Bonchev–Trinajstić information content (AvgIpc) is 2.98. The molecule has 6 heteroatoms. The molecule has 1 aromatic rings. The molecule has 1 aliphatic rings. The summed E-state index contributed by atoms with van der Waals surface area (Å²) in [5.74, 6) is 1.52. The highest BCUT2D eigenvalue weighted by Gasteiger charge is 2.23. The van der Waals surface area contributed by atoms with Crippen LogP contribution in [0.3, 0.4) is 0 Å². The van der Waals surface area contributed by atoms with Crippen LogP contribution >= 0.6 is 0 Å². The van der Waals surface area contributed by atoms with Crippen molar-refractivity contribution >= 4 is 5.91 Å². The zero-order valence-corrected chi connectivity index (χ0v) is 12.7. The summed E-state index contributed by atoms with van der Waals surface area (Å²) in [5.41, 5.74) is 0. The summed E-state index contributed by atoms with van der Waals surface area (Å²) < 4.78 is 2.20. The quantitative estimate of drug-likeness (QED) is 0.851. The Morgan fingerprint density at radius 1 is 1.71 bits per heavy atom. The standard InChI is InChI=1S/C15H23N5O/c1-12(15(21)19(2)8-4-6-16)18-11-13-5-3-9-20-10-7-17-14(13)20/h7,10,12-13,18H,3-5,8-9,11H2,1-2H3. The van der Waals surface area contributed by atoms with Gasteiger partial charge in [0.05, 0.1) is 18.5 Å². The Morgan fingerprint density at radius 2 is 2.52 bits per heavy atom. The Hall–Kier alpha value is -1.87. The minimum absolute atomic E-state index is 0.0319. The zero-order valence-electron chi connectivity index (χ0n) is 12.7. The molecular formula is C15H23N5O. The van der Waals surface area contributed by atoms with Gasteiger partial charge in [-0.15, -0.1) is 0 Å². The number of nitrogens with zero attached hydrogens (tertiary/aromatic N) is 4. The SMILES string of the molecule is CC(NCC1CCCn2ccnc21)C(=O)N(C)CCC#N. The van der Waals surface area contributed by atoms with Crippen LogP contribution in [0.25, 0.3) is 0 Å². The first kappa shape index (κ1) is 15.5. The van der Waals surface area contributed by atoms with Crippen LogP contribution in [0, 0.1) is 11.3 Å². The van der Waals surface area contributed by atoms with Crippen molar-refractivity contribution in [2.45, 2.75) is 44.7 Å². The van der Waals surface area contributed by atoms with Crippen molar-refractivity contribution in [1.82, 2.24) is 19.8 Å². The topological polar surface area (TPSA) is 74.0 Å². The van der Waals surface area contributed by atoms with Gasteiger partial charge in [-0.1, -0.05) is 0 Å². The number of hydrogen-bond acceptors (Lipinski definition) is 4. The predicted molar refractivity (Wildman–Crippen MR) is 79.5 cm³/mol. The maximum absolute atomic E-state index is 12.2. The van der Waals surface area contributed by atoms with E-state index in [0.29, 0.717) is 18.9 Å². The van der Waals surface area contributed by atoms with Crippen molar-refractivity contribution in [2.75, 3.05) is 20.1 Å². The summed E-state index contributed by atoms with van der Waals surface area (Å²) in [7, 11) is 1.74. The zero-order chi connectivity index (χ0) is 15.2. The van der Waals surface area contributed by atoms with Gasteiger partial charge in [0.1, 0.15) is 5.82 Å². The Morgan fingerprint density at radius 3 is 3.29 bits per heavy atom. The number of aromatic nitrogens is 2. The molecule has 0 saturated heterocycles. The van der Waals surface area contributed by atoms with Gasteiger partial charge in [-0.3, -0.25) is 4.79 Å². The van der Waals surface area contributed by atoms with E-state index in [1.54, 1.807) is 11.9 Å². The molecule has 1 aliphatic heterocycles. The number of fused-ring (bicyclic) bond motifs is 1. The molecule has 0 aliphatic carbocycles. The summed E-state index contributed by atoms with van der Waals surface area (Å²) in [5, 5.41) is 11.9. The Balaban J connectivity index is 1.84. The summed E-state index contributed by atoms with van der Waals surface area (Å²) in [6, 6.07) is 1.82. The Kier molecular flexibility index (Phi) is 5.34. The number of nitrogens with one attached hydrogen (secondary N) is 1. The number of aryl methyl sites for hydroxylation is 1. The van der Waals surface area contributed by atoms with Gasteiger partial charge in [0.2, 0.25) is 5.91 Å². The van der Waals surface area contributed by atoms with E-state index in [4.69, 9.17) is 5.26 Å². The highest BCUT2D eigenvalue weighted by molar-refractivity contribution is 5.81. The molecule has 0 saturated carbocycles. The summed E-state index contributed by atoms with van der Waals surface area (Å²) >= 11 is 0. The van der Waals surface area contributed by atoms with Crippen molar-refractivity contribution in [3.8, 4) is 6.07 Å². The monoisotopic (exact) mass is 289 g/mol. The highest BCUT2D eigenvalue weighted by atomic mass is 16.2. The van der Waals surface area contributed by atoms with E-state index < -0.39 is 0 Å². The van der Waals surface area contributed by atoms with E-state index in [1.165, 1.54) is 0 Å². The normalized spacial score (nSPS) is 18.6. The van der Waals surface area contributed by atoms with Gasteiger partial charge >= 0.3 is 0 Å². The molecule has 1 N–H and O–H groups in total. The van der Waals surface area contributed by atoms with E-state index in [0.717, 1.165) is 31.8 Å². The number of rotatable bonds is 6. The maximum atomic E-state index is 12.2. The molecule has 2 rings (SSSR count). The predicted octanol–water partition coefficient (Wildman–Crippen LogP) is 1.11. The second-order valence-corrected chi connectivity index (χ2v) is 5.62. The summed E-state index contributed by atoms with van der Waals surface area (Å²) in [6.07, 6.45) is 6.49. The fraction of sp³-hybridized carbons (Fsp3) is 0.667. The number of hydrogen-bond donors (Lipinski definition) is 1. The number of likely N-dealkylation sites (N-methyl/N-ethyl adjacent to an activating group) is 1. The summed E-state index contributed by atoms with van der Waals surface area (Å²) in [4.78, 5) is 18.2. The van der Waals surface area contributed by atoms with Crippen LogP contribution in [0.1, 0.15) is 37.9 Å². The van der Waals surface area contributed by atoms with Crippen molar-refractivity contribution in [3.05, 3.63) is 18.2 Å². The first-order chi connectivity index (χ1) is 10.1. The van der Waals surface area contributed by atoms with Crippen molar-refractivity contribution in [3.63, 3.8) is 0 Å². The van der Waals surface area contributed by atoms with Crippen molar-refractivity contribution in [1.29, 1.82) is 5.26 Å². The number of nitriles is 1. The van der Waals surface area contributed by atoms with Gasteiger partial charge in [0.25, 0.3) is 0 Å². The fourth-order valence-corrected chi connectivity index (χ4v) is 2.77. The molecular weight excluding hydrogens is 266 g/mol. The number of carbonyl (C=O) groups excluding carboxylic acids is 1. The third-order valence-electron chi connectivity index (χ3n) is 4.04. The molecule has 1 aromatic heterocycles. The molecule has 0 radical (unpaired) electrons. The first-order valence-corrected chi connectivity index (χ1v) is 7.49. The van der Waals surface area contributed by atoms with E-state index in [9.17, 15) is 4.79 Å². The largest absolute Gasteiger partial charge is 0.343 e. The van der Waals surface area contributed by atoms with Crippen LogP contribution in [0.2, 0.25) is 0 Å². The van der Waals surface area contributed by atoms with Crippen LogP contribution in [0.5, 0.6) is 0 Å². The van der Waals surface area contributed by atoms with Gasteiger partial charge in [0, 0.05) is 45.0 Å². The molecule has 114 valence electrons.